The number of fused-ring (bicyclic) bond motifs is 1. The average molecular weight is 266 g/mol. The Morgan fingerprint density at radius 2 is 2.22 bits per heavy atom. The van der Waals surface area contributed by atoms with Crippen molar-refractivity contribution in [1.82, 2.24) is 0 Å². The van der Waals surface area contributed by atoms with Gasteiger partial charge in [0.1, 0.15) is 0 Å². The third-order valence-corrected chi connectivity index (χ3v) is 3.60. The molecule has 0 fully saturated rings. The molecule has 0 aliphatic carbocycles. The minimum Gasteiger partial charge on any atom is -0.451 e. The smallest absolute Gasteiger partial charge is 0.214 e. The molecule has 2 unspecified atom stereocenters. The van der Waals surface area contributed by atoms with Crippen molar-refractivity contribution in [2.45, 2.75) is 26.3 Å². The van der Waals surface area contributed by atoms with Crippen molar-refractivity contribution in [3.8, 4) is 0 Å². The van der Waals surface area contributed by atoms with Gasteiger partial charge < -0.3 is 10.2 Å². The SMILES string of the molecule is CCC(C)C(N)C(=O)c1cc2cccc(Cl)c2o1. The largest absolute Gasteiger partial charge is 0.451 e. The number of benzene rings is 1. The van der Waals surface area contributed by atoms with Crippen LogP contribution in [0.5, 0.6) is 0 Å². The van der Waals surface area contributed by atoms with Gasteiger partial charge in [0.25, 0.3) is 0 Å². The first-order valence-corrected chi connectivity index (χ1v) is 6.40. The highest BCUT2D eigenvalue weighted by atomic mass is 35.5. The quantitative estimate of drug-likeness (QED) is 0.859. The van der Waals surface area contributed by atoms with Crippen LogP contribution in [0.1, 0.15) is 30.8 Å². The summed E-state index contributed by atoms with van der Waals surface area (Å²) >= 11 is 6.01. The van der Waals surface area contributed by atoms with Gasteiger partial charge >= 0.3 is 0 Å². The van der Waals surface area contributed by atoms with Gasteiger partial charge in [-0.3, -0.25) is 4.79 Å². The topological polar surface area (TPSA) is 56.2 Å². The van der Waals surface area contributed by atoms with Gasteiger partial charge in [0.05, 0.1) is 11.1 Å². The van der Waals surface area contributed by atoms with Gasteiger partial charge in [0.15, 0.2) is 11.3 Å². The zero-order chi connectivity index (χ0) is 13.3. The van der Waals surface area contributed by atoms with Crippen molar-refractivity contribution in [3.63, 3.8) is 0 Å². The molecule has 2 N–H and O–H groups in total. The summed E-state index contributed by atoms with van der Waals surface area (Å²) in [5.41, 5.74) is 6.46. The van der Waals surface area contributed by atoms with Crippen LogP contribution in [0, 0.1) is 5.92 Å². The second kappa shape index (κ2) is 5.12. The fourth-order valence-corrected chi connectivity index (χ4v) is 2.05. The zero-order valence-corrected chi connectivity index (χ0v) is 11.2. The molecule has 1 aromatic carbocycles. The molecule has 0 aliphatic rings. The Kier molecular flexibility index (Phi) is 3.73. The summed E-state index contributed by atoms with van der Waals surface area (Å²) in [7, 11) is 0. The molecule has 2 atom stereocenters. The zero-order valence-electron chi connectivity index (χ0n) is 10.4. The first-order valence-electron chi connectivity index (χ1n) is 6.02. The van der Waals surface area contributed by atoms with Crippen molar-refractivity contribution in [2.24, 2.45) is 11.7 Å². The fraction of sp³-hybridized carbons (Fsp3) is 0.357. The maximum atomic E-state index is 12.2. The van der Waals surface area contributed by atoms with Gasteiger partial charge in [-0.15, -0.1) is 0 Å². The molecule has 0 saturated carbocycles. The number of carbonyl (C=O) groups excluding carboxylic acids is 1. The summed E-state index contributed by atoms with van der Waals surface area (Å²) in [6.45, 7) is 3.96. The van der Waals surface area contributed by atoms with Gasteiger partial charge in [0, 0.05) is 5.39 Å². The van der Waals surface area contributed by atoms with Crippen molar-refractivity contribution < 1.29 is 9.21 Å². The van der Waals surface area contributed by atoms with Crippen LogP contribution < -0.4 is 5.73 Å². The van der Waals surface area contributed by atoms with Crippen LogP contribution in [0.15, 0.2) is 28.7 Å². The molecule has 0 radical (unpaired) electrons. The van der Waals surface area contributed by atoms with Crippen LogP contribution in [0.25, 0.3) is 11.0 Å². The number of para-hydroxylation sites is 1. The lowest BCUT2D eigenvalue weighted by Crippen LogP contribution is -2.36. The van der Waals surface area contributed by atoms with Gasteiger partial charge in [-0.05, 0) is 18.1 Å². The number of hydrogen-bond donors (Lipinski definition) is 1. The molecule has 18 heavy (non-hydrogen) atoms. The predicted octanol–water partition coefficient (Wildman–Crippen LogP) is 3.64. The van der Waals surface area contributed by atoms with Crippen LogP contribution in [-0.4, -0.2) is 11.8 Å². The summed E-state index contributed by atoms with van der Waals surface area (Å²) in [4.78, 5) is 12.2. The Balaban J connectivity index is 2.37. The highest BCUT2D eigenvalue weighted by molar-refractivity contribution is 6.34. The van der Waals surface area contributed by atoms with Gasteiger partial charge in [0.2, 0.25) is 5.78 Å². The van der Waals surface area contributed by atoms with E-state index >= 15 is 0 Å². The number of rotatable bonds is 4. The highest BCUT2D eigenvalue weighted by Crippen LogP contribution is 2.27. The van der Waals surface area contributed by atoms with E-state index in [9.17, 15) is 4.79 Å². The van der Waals surface area contributed by atoms with Crippen LogP contribution in [0.2, 0.25) is 5.02 Å². The minimum atomic E-state index is -0.533. The maximum Gasteiger partial charge on any atom is 0.214 e. The third kappa shape index (κ3) is 2.28. The Hall–Kier alpha value is -1.32. The molecule has 0 bridgehead atoms. The van der Waals surface area contributed by atoms with E-state index in [0.29, 0.717) is 10.6 Å². The maximum absolute atomic E-state index is 12.2. The van der Waals surface area contributed by atoms with E-state index in [0.717, 1.165) is 11.8 Å². The molecule has 0 saturated heterocycles. The van der Waals surface area contributed by atoms with E-state index in [1.165, 1.54) is 0 Å². The molecule has 4 heteroatoms. The molecule has 1 aromatic heterocycles. The van der Waals surface area contributed by atoms with E-state index in [1.807, 2.05) is 26.0 Å². The average Bonchev–Trinajstić information content (AvgIpc) is 2.81. The van der Waals surface area contributed by atoms with Gasteiger partial charge in [-0.1, -0.05) is 44.0 Å². The van der Waals surface area contributed by atoms with Crippen LogP contribution in [-0.2, 0) is 0 Å². The summed E-state index contributed by atoms with van der Waals surface area (Å²) in [6.07, 6.45) is 0.855. The highest BCUT2D eigenvalue weighted by Gasteiger charge is 2.24. The molecular weight excluding hydrogens is 250 g/mol. The Bertz CT molecular complexity index is 576. The van der Waals surface area contributed by atoms with E-state index in [1.54, 1.807) is 12.1 Å². The fourth-order valence-electron chi connectivity index (χ4n) is 1.83. The molecule has 2 rings (SSSR count). The molecule has 2 aromatic rings. The second-order valence-corrected chi connectivity index (χ2v) is 4.95. The molecular formula is C14H16ClNO2. The summed E-state index contributed by atoms with van der Waals surface area (Å²) in [5.74, 6) is 0.240. The number of ketones is 1. The standard InChI is InChI=1S/C14H16ClNO2/c1-3-8(2)12(16)13(17)11-7-9-5-4-6-10(15)14(9)18-11/h4-8,12H,3,16H2,1-2H3. The van der Waals surface area contributed by atoms with Crippen molar-refractivity contribution >= 4 is 28.4 Å². The molecule has 3 nitrogen and oxygen atoms in total. The van der Waals surface area contributed by atoms with E-state index in [2.05, 4.69) is 0 Å². The van der Waals surface area contributed by atoms with Crippen LogP contribution in [0.3, 0.4) is 0 Å². The lowest BCUT2D eigenvalue weighted by Gasteiger charge is -2.15. The third-order valence-electron chi connectivity index (χ3n) is 3.30. The number of carbonyl (C=O) groups is 1. The van der Waals surface area contributed by atoms with Crippen molar-refractivity contribution in [3.05, 3.63) is 35.0 Å². The predicted molar refractivity (Wildman–Crippen MR) is 73.0 cm³/mol. The van der Waals surface area contributed by atoms with Crippen molar-refractivity contribution in [1.29, 1.82) is 0 Å². The van der Waals surface area contributed by atoms with Gasteiger partial charge in [-0.25, -0.2) is 0 Å². The van der Waals surface area contributed by atoms with E-state index in [-0.39, 0.29) is 17.5 Å². The number of halogens is 1. The monoisotopic (exact) mass is 265 g/mol. The summed E-state index contributed by atoms with van der Waals surface area (Å²) in [5, 5.41) is 1.32. The molecule has 96 valence electrons. The molecule has 0 spiro atoms. The second-order valence-electron chi connectivity index (χ2n) is 4.54. The first kappa shape index (κ1) is 13.1. The van der Waals surface area contributed by atoms with Gasteiger partial charge in [-0.2, -0.15) is 0 Å². The molecule has 0 amide bonds. The number of furan rings is 1. The Morgan fingerprint density at radius 1 is 1.50 bits per heavy atom. The minimum absolute atomic E-state index is 0.126. The summed E-state index contributed by atoms with van der Waals surface area (Å²) in [6, 6.07) is 6.58. The van der Waals surface area contributed by atoms with Crippen LogP contribution >= 0.6 is 11.6 Å². The lowest BCUT2D eigenvalue weighted by atomic mass is 9.95. The lowest BCUT2D eigenvalue weighted by molar-refractivity contribution is 0.0909. The number of nitrogens with two attached hydrogens (primary N) is 1. The first-order chi connectivity index (χ1) is 8.54. The Labute approximate surface area is 111 Å². The number of Topliss-reactive ketones (excluding diaryl/α,β-unsaturated/α-hetero) is 1. The molecule has 1 heterocycles. The Morgan fingerprint density at radius 3 is 2.83 bits per heavy atom. The number of hydrogen-bond acceptors (Lipinski definition) is 3. The van der Waals surface area contributed by atoms with Crippen LogP contribution in [0.4, 0.5) is 0 Å². The van der Waals surface area contributed by atoms with E-state index < -0.39 is 6.04 Å². The normalized spacial score (nSPS) is 14.7. The molecule has 0 aliphatic heterocycles. The summed E-state index contributed by atoms with van der Waals surface area (Å²) < 4.78 is 5.51. The van der Waals surface area contributed by atoms with E-state index in [4.69, 9.17) is 21.8 Å². The van der Waals surface area contributed by atoms with Crippen molar-refractivity contribution in [2.75, 3.05) is 0 Å².